The van der Waals surface area contributed by atoms with Gasteiger partial charge in [-0.25, -0.2) is 0 Å². The van der Waals surface area contributed by atoms with Crippen molar-refractivity contribution in [1.82, 2.24) is 4.40 Å². The molecule has 0 N–H and O–H groups in total. The van der Waals surface area contributed by atoms with E-state index in [0.29, 0.717) is 6.61 Å². The van der Waals surface area contributed by atoms with Gasteiger partial charge in [0.05, 0.1) is 5.52 Å². The number of nitrogens with zero attached hydrogens (tertiary/aromatic N) is 1. The second-order valence-corrected chi connectivity index (χ2v) is 11.5. The molecule has 4 rings (SSSR count). The van der Waals surface area contributed by atoms with E-state index in [2.05, 4.69) is 120 Å². The molecule has 0 aliphatic rings. The van der Waals surface area contributed by atoms with Crippen LogP contribution >= 0.6 is 0 Å². The molecule has 0 atom stereocenters. The van der Waals surface area contributed by atoms with E-state index in [4.69, 9.17) is 4.74 Å². The fourth-order valence-electron chi connectivity index (χ4n) is 4.50. The molecular formula is C32H39NO. The maximum atomic E-state index is 6.28. The summed E-state index contributed by atoms with van der Waals surface area (Å²) in [7, 11) is 0. The van der Waals surface area contributed by atoms with Crippen molar-refractivity contribution in [2.45, 2.75) is 78.7 Å². The lowest BCUT2D eigenvalue weighted by Gasteiger charge is -2.26. The number of hydrogen-bond donors (Lipinski definition) is 0. The molecule has 0 unspecified atom stereocenters. The zero-order valence-electron chi connectivity index (χ0n) is 21.9. The van der Waals surface area contributed by atoms with Gasteiger partial charge in [0.25, 0.3) is 0 Å². The summed E-state index contributed by atoms with van der Waals surface area (Å²) in [4.78, 5) is 0. The van der Waals surface area contributed by atoms with Crippen molar-refractivity contribution in [2.75, 3.05) is 0 Å². The predicted molar refractivity (Wildman–Crippen MR) is 144 cm³/mol. The van der Waals surface area contributed by atoms with Crippen LogP contribution in [0.2, 0.25) is 0 Å². The largest absolute Gasteiger partial charge is 0.487 e. The van der Waals surface area contributed by atoms with E-state index in [0.717, 1.165) is 24.1 Å². The summed E-state index contributed by atoms with van der Waals surface area (Å²) in [5, 5.41) is 0. The van der Waals surface area contributed by atoms with E-state index in [1.54, 1.807) is 0 Å². The van der Waals surface area contributed by atoms with Crippen LogP contribution in [0.3, 0.4) is 0 Å². The van der Waals surface area contributed by atoms with Gasteiger partial charge >= 0.3 is 0 Å². The predicted octanol–water partition coefficient (Wildman–Crippen LogP) is 8.27. The number of fused-ring (bicyclic) bond motifs is 1. The summed E-state index contributed by atoms with van der Waals surface area (Å²) in [5.74, 6) is 0.936. The number of pyridine rings is 1. The number of benzene rings is 2. The smallest absolute Gasteiger partial charge is 0.143 e. The Morgan fingerprint density at radius 2 is 1.38 bits per heavy atom. The highest BCUT2D eigenvalue weighted by molar-refractivity contribution is 5.64. The molecule has 2 heterocycles. The van der Waals surface area contributed by atoms with Gasteiger partial charge in [-0.2, -0.15) is 0 Å². The molecule has 34 heavy (non-hydrogen) atoms. The highest BCUT2D eigenvalue weighted by atomic mass is 16.5. The number of aryl methyl sites for hydroxylation is 1. The monoisotopic (exact) mass is 453 g/mol. The maximum absolute atomic E-state index is 6.28. The van der Waals surface area contributed by atoms with Crippen LogP contribution in [-0.2, 0) is 30.3 Å². The van der Waals surface area contributed by atoms with Crippen molar-refractivity contribution in [2.24, 2.45) is 0 Å². The Hall–Kier alpha value is -3.00. The molecule has 0 amide bonds. The van der Waals surface area contributed by atoms with E-state index < -0.39 is 0 Å². The summed E-state index contributed by atoms with van der Waals surface area (Å²) >= 11 is 0. The minimum atomic E-state index is 0.114. The Balaban J connectivity index is 1.74. The van der Waals surface area contributed by atoms with E-state index >= 15 is 0 Å². The molecule has 0 radical (unpaired) electrons. The third-order valence-corrected chi connectivity index (χ3v) is 6.68. The van der Waals surface area contributed by atoms with Crippen molar-refractivity contribution in [1.29, 1.82) is 0 Å². The molecule has 2 aromatic carbocycles. The molecule has 0 fully saturated rings. The zero-order valence-corrected chi connectivity index (χ0v) is 21.9. The van der Waals surface area contributed by atoms with E-state index in [-0.39, 0.29) is 10.8 Å². The van der Waals surface area contributed by atoms with Gasteiger partial charge < -0.3 is 9.14 Å². The molecular weight excluding hydrogens is 414 g/mol. The Morgan fingerprint density at radius 1 is 0.735 bits per heavy atom. The summed E-state index contributed by atoms with van der Waals surface area (Å²) in [5.41, 5.74) is 9.48. The van der Waals surface area contributed by atoms with Crippen LogP contribution in [0.5, 0.6) is 5.75 Å². The summed E-state index contributed by atoms with van der Waals surface area (Å²) < 4.78 is 8.61. The van der Waals surface area contributed by atoms with E-state index in [9.17, 15) is 0 Å². The molecule has 0 aliphatic carbocycles. The first-order chi connectivity index (χ1) is 16.1. The second-order valence-electron chi connectivity index (χ2n) is 11.5. The molecule has 2 heteroatoms. The molecule has 2 aromatic heterocycles. The minimum Gasteiger partial charge on any atom is -0.487 e. The average Bonchev–Trinajstić information content (AvgIpc) is 3.15. The van der Waals surface area contributed by atoms with Crippen molar-refractivity contribution >= 4 is 5.52 Å². The van der Waals surface area contributed by atoms with Gasteiger partial charge in [-0.3, -0.25) is 0 Å². The maximum Gasteiger partial charge on any atom is 0.143 e. The van der Waals surface area contributed by atoms with Crippen molar-refractivity contribution in [3.8, 4) is 5.75 Å². The Bertz CT molecular complexity index is 1230. The second kappa shape index (κ2) is 9.33. The van der Waals surface area contributed by atoms with Crippen LogP contribution in [0, 0.1) is 0 Å². The van der Waals surface area contributed by atoms with Gasteiger partial charge in [-0.05, 0) is 63.3 Å². The third kappa shape index (κ3) is 5.22. The van der Waals surface area contributed by atoms with Gasteiger partial charge in [0.2, 0.25) is 0 Å². The molecule has 178 valence electrons. The van der Waals surface area contributed by atoms with Crippen LogP contribution in [0.25, 0.3) is 5.52 Å². The summed E-state index contributed by atoms with van der Waals surface area (Å²) in [6, 6.07) is 24.1. The normalized spacial score (nSPS) is 12.3. The van der Waals surface area contributed by atoms with Crippen molar-refractivity contribution in [3.05, 3.63) is 106 Å². The van der Waals surface area contributed by atoms with Crippen molar-refractivity contribution in [3.63, 3.8) is 0 Å². The first-order valence-corrected chi connectivity index (χ1v) is 12.5. The first kappa shape index (κ1) is 24.1. The first-order valence-electron chi connectivity index (χ1n) is 12.5. The van der Waals surface area contributed by atoms with Crippen LogP contribution in [0.15, 0.2) is 72.9 Å². The van der Waals surface area contributed by atoms with Gasteiger partial charge in [0.15, 0.2) is 0 Å². The summed E-state index contributed by atoms with van der Waals surface area (Å²) in [6.07, 6.45) is 4.09. The molecule has 0 aliphatic heterocycles. The van der Waals surface area contributed by atoms with Gasteiger partial charge in [0, 0.05) is 18.3 Å². The lowest BCUT2D eigenvalue weighted by atomic mass is 9.79. The number of hydrogen-bond acceptors (Lipinski definition) is 1. The van der Waals surface area contributed by atoms with Gasteiger partial charge in [-0.15, -0.1) is 0 Å². The third-order valence-electron chi connectivity index (χ3n) is 6.68. The lowest BCUT2D eigenvalue weighted by molar-refractivity contribution is 0.309. The Kier molecular flexibility index (Phi) is 6.62. The SMILES string of the molecule is CCc1cc2c(OCc3ccccc3)cccn2c1Cc1cc(C(C)(C)C)cc(C(C)(C)C)c1. The Morgan fingerprint density at radius 3 is 1.97 bits per heavy atom. The topological polar surface area (TPSA) is 13.6 Å². The van der Waals surface area contributed by atoms with Crippen LogP contribution in [-0.4, -0.2) is 4.40 Å². The molecule has 0 saturated carbocycles. The van der Waals surface area contributed by atoms with Crippen molar-refractivity contribution < 1.29 is 4.74 Å². The average molecular weight is 454 g/mol. The molecule has 0 saturated heterocycles. The Labute approximate surface area is 205 Å². The standard InChI is InChI=1S/C32H39NO/c1-8-25-20-29-30(34-22-23-13-10-9-11-14-23)15-12-16-33(29)28(25)19-24-17-26(31(2,3)4)21-27(18-24)32(5,6)7/h9-18,20-21H,8,19,22H2,1-7H3. The molecule has 4 aromatic rings. The molecule has 2 nitrogen and oxygen atoms in total. The quantitative estimate of drug-likeness (QED) is 0.286. The highest BCUT2D eigenvalue weighted by Gasteiger charge is 2.21. The van der Waals surface area contributed by atoms with E-state index in [1.165, 1.54) is 33.5 Å². The van der Waals surface area contributed by atoms with Crippen LogP contribution in [0.1, 0.15) is 82.0 Å². The number of ether oxygens (including phenoxy) is 1. The fourth-order valence-corrected chi connectivity index (χ4v) is 4.50. The lowest BCUT2D eigenvalue weighted by Crippen LogP contribution is -2.17. The van der Waals surface area contributed by atoms with Gasteiger partial charge in [0.1, 0.15) is 12.4 Å². The number of rotatable bonds is 6. The fraction of sp³-hybridized carbons (Fsp3) is 0.375. The zero-order chi connectivity index (χ0) is 24.5. The van der Waals surface area contributed by atoms with Crippen LogP contribution in [0.4, 0.5) is 0 Å². The van der Waals surface area contributed by atoms with Crippen LogP contribution < -0.4 is 4.74 Å². The van der Waals surface area contributed by atoms with E-state index in [1.807, 2.05) is 6.07 Å². The minimum absolute atomic E-state index is 0.114. The molecule has 0 bridgehead atoms. The summed E-state index contributed by atoms with van der Waals surface area (Å²) in [6.45, 7) is 16.6. The van der Waals surface area contributed by atoms with Gasteiger partial charge in [-0.1, -0.05) is 97.0 Å². The number of aromatic nitrogens is 1. The molecule has 0 spiro atoms. The highest BCUT2D eigenvalue weighted by Crippen LogP contribution is 2.33.